The molecule has 1 aromatic heterocycles. The van der Waals surface area contributed by atoms with E-state index in [1.54, 1.807) is 23.1 Å². The number of likely N-dealkylation sites (tertiary alicyclic amines) is 1. The Labute approximate surface area is 190 Å². The maximum absolute atomic E-state index is 14.2. The van der Waals surface area contributed by atoms with E-state index in [0.29, 0.717) is 34.7 Å². The highest BCUT2D eigenvalue weighted by molar-refractivity contribution is 5.91. The van der Waals surface area contributed by atoms with Crippen LogP contribution in [-0.2, 0) is 0 Å². The largest absolute Gasteiger partial charge is 0.438 e. The van der Waals surface area contributed by atoms with Crippen molar-refractivity contribution in [1.82, 2.24) is 9.88 Å². The summed E-state index contributed by atoms with van der Waals surface area (Å²) in [6, 6.07) is 14.0. The van der Waals surface area contributed by atoms with Crippen LogP contribution in [-0.4, -0.2) is 22.5 Å². The molecule has 33 heavy (non-hydrogen) atoms. The van der Waals surface area contributed by atoms with E-state index in [4.69, 9.17) is 4.42 Å². The van der Waals surface area contributed by atoms with Crippen molar-refractivity contribution in [1.29, 1.82) is 0 Å². The number of carbonyl (C=O) groups is 1. The number of aromatic nitrogens is 1. The molecular formula is C26H23F2N3O2. The van der Waals surface area contributed by atoms with Crippen molar-refractivity contribution >= 4 is 22.8 Å². The van der Waals surface area contributed by atoms with Gasteiger partial charge >= 0.3 is 6.03 Å². The zero-order chi connectivity index (χ0) is 23.1. The van der Waals surface area contributed by atoms with Gasteiger partial charge in [-0.05, 0) is 73.7 Å². The van der Waals surface area contributed by atoms with Gasteiger partial charge in [-0.15, -0.1) is 0 Å². The van der Waals surface area contributed by atoms with Gasteiger partial charge in [0.05, 0.1) is 0 Å². The van der Waals surface area contributed by atoms with Crippen molar-refractivity contribution in [3.05, 3.63) is 83.2 Å². The second kappa shape index (κ2) is 8.31. The monoisotopic (exact) mass is 447 g/mol. The number of benzene rings is 3. The van der Waals surface area contributed by atoms with E-state index in [1.807, 2.05) is 32.0 Å². The second-order valence-corrected chi connectivity index (χ2v) is 8.39. The van der Waals surface area contributed by atoms with E-state index in [-0.39, 0.29) is 12.1 Å². The van der Waals surface area contributed by atoms with Crippen LogP contribution in [0, 0.1) is 25.5 Å². The van der Waals surface area contributed by atoms with Gasteiger partial charge in [0.2, 0.25) is 5.89 Å². The van der Waals surface area contributed by atoms with Crippen LogP contribution in [0.2, 0.25) is 0 Å². The topological polar surface area (TPSA) is 58.4 Å². The number of rotatable bonds is 3. The number of aryl methyl sites for hydroxylation is 1. The van der Waals surface area contributed by atoms with Crippen molar-refractivity contribution < 1.29 is 18.0 Å². The molecule has 168 valence electrons. The van der Waals surface area contributed by atoms with E-state index in [9.17, 15) is 13.6 Å². The lowest BCUT2D eigenvalue weighted by Crippen LogP contribution is -2.34. The van der Waals surface area contributed by atoms with Crippen molar-refractivity contribution in [3.8, 4) is 11.1 Å². The molecule has 1 N–H and O–H groups in total. The standard InChI is InChI=1S/C26H23F2N3O2/c1-15-5-3-6-21(16(15)2)30-26(32)31-12-4-7-23(31)25-29-22-13-17(8-11-24(22)33-25)19-10-9-18(27)14-20(19)28/h3,5-6,8-11,13-14,23H,4,7,12H2,1-2H3,(H,30,32)/t23-/m0/s1. The minimum atomic E-state index is -0.636. The number of oxazole rings is 1. The Morgan fingerprint density at radius 1 is 1.12 bits per heavy atom. The van der Waals surface area contributed by atoms with Gasteiger partial charge in [0, 0.05) is 23.9 Å². The number of hydrogen-bond acceptors (Lipinski definition) is 3. The van der Waals surface area contributed by atoms with Crippen molar-refractivity contribution in [2.45, 2.75) is 32.7 Å². The Morgan fingerprint density at radius 3 is 2.79 bits per heavy atom. The van der Waals surface area contributed by atoms with Gasteiger partial charge < -0.3 is 14.6 Å². The number of nitrogens with zero attached hydrogens (tertiary/aromatic N) is 2. The summed E-state index contributed by atoms with van der Waals surface area (Å²) in [5.41, 5.74) is 4.91. The van der Waals surface area contributed by atoms with Gasteiger partial charge in [-0.3, -0.25) is 0 Å². The van der Waals surface area contributed by atoms with Gasteiger partial charge in [-0.2, -0.15) is 0 Å². The molecule has 3 aromatic carbocycles. The summed E-state index contributed by atoms with van der Waals surface area (Å²) in [5.74, 6) is -0.806. The molecule has 2 amide bonds. The predicted octanol–water partition coefficient (Wildman–Crippen LogP) is 6.76. The van der Waals surface area contributed by atoms with Gasteiger partial charge in [0.25, 0.3) is 0 Å². The molecule has 2 heterocycles. The van der Waals surface area contributed by atoms with Crippen LogP contribution >= 0.6 is 0 Å². The van der Waals surface area contributed by atoms with Crippen molar-refractivity contribution in [3.63, 3.8) is 0 Å². The van der Waals surface area contributed by atoms with Crippen molar-refractivity contribution in [2.24, 2.45) is 0 Å². The SMILES string of the molecule is Cc1cccc(NC(=O)N2CCC[C@H]2c2nc3cc(-c4ccc(F)cc4F)ccc3o2)c1C. The van der Waals surface area contributed by atoms with E-state index in [2.05, 4.69) is 10.3 Å². The first-order chi connectivity index (χ1) is 15.9. The summed E-state index contributed by atoms with van der Waals surface area (Å²) in [6.45, 7) is 4.59. The fraction of sp³-hybridized carbons (Fsp3) is 0.231. The Morgan fingerprint density at radius 2 is 1.97 bits per heavy atom. The fourth-order valence-electron chi connectivity index (χ4n) is 4.32. The van der Waals surface area contributed by atoms with Gasteiger partial charge in [-0.25, -0.2) is 18.6 Å². The first-order valence-electron chi connectivity index (χ1n) is 10.9. The summed E-state index contributed by atoms with van der Waals surface area (Å²) in [5, 5.41) is 3.01. The molecule has 0 spiro atoms. The molecule has 4 aromatic rings. The molecule has 1 atom stereocenters. The highest BCUT2D eigenvalue weighted by Gasteiger charge is 2.34. The molecule has 1 saturated heterocycles. The summed E-state index contributed by atoms with van der Waals surface area (Å²) in [6.07, 6.45) is 1.59. The molecule has 5 nitrogen and oxygen atoms in total. The molecule has 0 unspecified atom stereocenters. The minimum Gasteiger partial charge on any atom is -0.438 e. The Bertz CT molecular complexity index is 1370. The molecule has 1 aliphatic heterocycles. The molecule has 1 aliphatic rings. The van der Waals surface area contributed by atoms with Crippen molar-refractivity contribution in [2.75, 3.05) is 11.9 Å². The fourth-order valence-corrected chi connectivity index (χ4v) is 4.32. The van der Waals surface area contributed by atoms with E-state index in [0.717, 1.165) is 35.7 Å². The molecule has 0 bridgehead atoms. The van der Waals surface area contributed by atoms with Crippen LogP contribution in [0.5, 0.6) is 0 Å². The van der Waals surface area contributed by atoms with Gasteiger partial charge in [0.1, 0.15) is 23.2 Å². The number of urea groups is 1. The maximum atomic E-state index is 14.2. The lowest BCUT2D eigenvalue weighted by Gasteiger charge is -2.23. The first kappa shape index (κ1) is 21.1. The second-order valence-electron chi connectivity index (χ2n) is 8.39. The van der Waals surface area contributed by atoms with Crippen LogP contribution in [0.4, 0.5) is 19.3 Å². The number of halogens is 2. The molecule has 7 heteroatoms. The zero-order valence-electron chi connectivity index (χ0n) is 18.4. The molecular weight excluding hydrogens is 424 g/mol. The highest BCUT2D eigenvalue weighted by atomic mass is 19.1. The highest BCUT2D eigenvalue weighted by Crippen LogP contribution is 2.35. The number of carbonyl (C=O) groups excluding carboxylic acids is 1. The lowest BCUT2D eigenvalue weighted by atomic mass is 10.0. The van der Waals surface area contributed by atoms with Crippen LogP contribution in [0.25, 0.3) is 22.2 Å². The summed E-state index contributed by atoms with van der Waals surface area (Å²) in [4.78, 5) is 19.4. The third-order valence-corrected chi connectivity index (χ3v) is 6.29. The number of anilines is 1. The predicted molar refractivity (Wildman–Crippen MR) is 123 cm³/mol. The lowest BCUT2D eigenvalue weighted by molar-refractivity contribution is 0.199. The first-order valence-corrected chi connectivity index (χ1v) is 10.9. The molecule has 0 radical (unpaired) electrons. The molecule has 5 rings (SSSR count). The van der Waals surface area contributed by atoms with Gasteiger partial charge in [0.15, 0.2) is 5.58 Å². The summed E-state index contributed by atoms with van der Waals surface area (Å²) in [7, 11) is 0. The summed E-state index contributed by atoms with van der Waals surface area (Å²) >= 11 is 0. The third-order valence-electron chi connectivity index (χ3n) is 6.29. The maximum Gasteiger partial charge on any atom is 0.322 e. The summed E-state index contributed by atoms with van der Waals surface area (Å²) < 4.78 is 33.5. The smallest absolute Gasteiger partial charge is 0.322 e. The average molecular weight is 447 g/mol. The van der Waals surface area contributed by atoms with Gasteiger partial charge in [-0.1, -0.05) is 18.2 Å². The normalized spacial score (nSPS) is 15.9. The van der Waals surface area contributed by atoms with E-state index >= 15 is 0 Å². The molecule has 1 fully saturated rings. The van der Waals surface area contributed by atoms with Crippen LogP contribution in [0.1, 0.15) is 35.9 Å². The zero-order valence-corrected chi connectivity index (χ0v) is 18.4. The quantitative estimate of drug-likeness (QED) is 0.378. The number of hydrogen-bond donors (Lipinski definition) is 1. The Kier molecular flexibility index (Phi) is 5.32. The number of nitrogens with one attached hydrogen (secondary N) is 1. The number of fused-ring (bicyclic) bond motifs is 1. The van der Waals surface area contributed by atoms with E-state index < -0.39 is 11.6 Å². The average Bonchev–Trinajstić information content (AvgIpc) is 3.43. The van der Waals surface area contributed by atoms with Crippen LogP contribution in [0.15, 0.2) is 59.0 Å². The Hall–Kier alpha value is -3.74. The van der Waals surface area contributed by atoms with E-state index in [1.165, 1.54) is 12.1 Å². The molecule has 0 aliphatic carbocycles. The third kappa shape index (κ3) is 3.95. The van der Waals surface area contributed by atoms with Crippen LogP contribution < -0.4 is 5.32 Å². The minimum absolute atomic E-state index is 0.192. The Balaban J connectivity index is 1.42. The molecule has 0 saturated carbocycles. The van der Waals surface area contributed by atoms with Crippen LogP contribution in [0.3, 0.4) is 0 Å². The number of amides is 2.